The molecular formula is C23H25NO6. The summed E-state index contributed by atoms with van der Waals surface area (Å²) in [5.41, 5.74) is 2.30. The molecule has 0 aliphatic carbocycles. The van der Waals surface area contributed by atoms with Crippen LogP contribution in [0, 0.1) is 13.8 Å². The van der Waals surface area contributed by atoms with Crippen LogP contribution in [0.1, 0.15) is 22.3 Å². The second-order valence-electron chi connectivity index (χ2n) is 7.12. The van der Waals surface area contributed by atoms with Gasteiger partial charge in [-0.05, 0) is 61.2 Å². The van der Waals surface area contributed by atoms with E-state index in [1.807, 2.05) is 18.2 Å². The predicted octanol–water partition coefficient (Wildman–Crippen LogP) is 3.03. The fraction of sp³-hybridized carbons (Fsp3) is 0.304. The summed E-state index contributed by atoms with van der Waals surface area (Å²) in [6.45, 7) is 3.91. The Morgan fingerprint density at radius 2 is 1.83 bits per heavy atom. The van der Waals surface area contributed by atoms with E-state index in [4.69, 9.17) is 13.9 Å². The van der Waals surface area contributed by atoms with Crippen molar-refractivity contribution in [2.45, 2.75) is 26.7 Å². The van der Waals surface area contributed by atoms with Gasteiger partial charge in [-0.25, -0.2) is 4.79 Å². The SMILES string of the molecule is COc1ccc(CCNC(=O)Cc2c(C)c3c(O)cc(C)cc3oc2=O)cc1OC. The molecule has 7 nitrogen and oxygen atoms in total. The number of aromatic hydroxyl groups is 1. The number of hydrogen-bond acceptors (Lipinski definition) is 6. The molecule has 30 heavy (non-hydrogen) atoms. The minimum atomic E-state index is -0.569. The number of rotatable bonds is 7. The Morgan fingerprint density at radius 1 is 1.10 bits per heavy atom. The lowest BCUT2D eigenvalue weighted by atomic mass is 10.0. The van der Waals surface area contributed by atoms with E-state index in [0.717, 1.165) is 11.1 Å². The van der Waals surface area contributed by atoms with Crippen LogP contribution in [-0.2, 0) is 17.6 Å². The van der Waals surface area contributed by atoms with Gasteiger partial charge in [0.05, 0.1) is 31.6 Å². The van der Waals surface area contributed by atoms with Crippen LogP contribution in [0.5, 0.6) is 17.2 Å². The highest BCUT2D eigenvalue weighted by molar-refractivity contribution is 5.89. The van der Waals surface area contributed by atoms with Crippen LogP contribution in [-0.4, -0.2) is 31.8 Å². The summed E-state index contributed by atoms with van der Waals surface area (Å²) in [6, 6.07) is 8.87. The zero-order valence-corrected chi connectivity index (χ0v) is 17.5. The minimum Gasteiger partial charge on any atom is -0.507 e. The van der Waals surface area contributed by atoms with E-state index in [1.165, 1.54) is 0 Å². The number of ether oxygens (including phenoxy) is 2. The number of carbonyl (C=O) groups excluding carboxylic acids is 1. The summed E-state index contributed by atoms with van der Waals surface area (Å²) >= 11 is 0. The molecule has 1 amide bonds. The molecule has 0 bridgehead atoms. The number of aryl methyl sites for hydroxylation is 2. The van der Waals surface area contributed by atoms with Gasteiger partial charge in [0.2, 0.25) is 5.91 Å². The van der Waals surface area contributed by atoms with Gasteiger partial charge in [-0.3, -0.25) is 4.79 Å². The highest BCUT2D eigenvalue weighted by atomic mass is 16.5. The van der Waals surface area contributed by atoms with Gasteiger partial charge in [0.1, 0.15) is 11.3 Å². The van der Waals surface area contributed by atoms with Crippen LogP contribution in [0.2, 0.25) is 0 Å². The van der Waals surface area contributed by atoms with Crippen molar-refractivity contribution in [3.05, 3.63) is 63.0 Å². The van der Waals surface area contributed by atoms with E-state index in [2.05, 4.69) is 5.32 Å². The third-order valence-electron chi connectivity index (χ3n) is 5.02. The average Bonchev–Trinajstić information content (AvgIpc) is 2.70. The first-order valence-electron chi connectivity index (χ1n) is 9.57. The minimum absolute atomic E-state index is 0.0290. The summed E-state index contributed by atoms with van der Waals surface area (Å²) < 4.78 is 15.8. The molecule has 1 aromatic heterocycles. The Balaban J connectivity index is 1.69. The zero-order valence-electron chi connectivity index (χ0n) is 17.5. The Kier molecular flexibility index (Phi) is 6.30. The standard InChI is InChI=1S/C23H25NO6/c1-13-9-17(25)22-14(2)16(23(27)30-20(22)10-13)12-21(26)24-8-7-15-5-6-18(28-3)19(11-15)29-4/h5-6,9-11,25H,7-8,12H2,1-4H3,(H,24,26). The van der Waals surface area contributed by atoms with Gasteiger partial charge < -0.3 is 24.3 Å². The molecule has 3 rings (SSSR count). The number of carbonyl (C=O) groups is 1. The van der Waals surface area contributed by atoms with Crippen molar-refractivity contribution in [1.82, 2.24) is 5.32 Å². The number of phenols is 1. The number of methoxy groups -OCH3 is 2. The van der Waals surface area contributed by atoms with Crippen molar-refractivity contribution in [2.75, 3.05) is 20.8 Å². The maximum absolute atomic E-state index is 12.4. The molecule has 1 heterocycles. The Morgan fingerprint density at radius 3 is 2.53 bits per heavy atom. The van der Waals surface area contributed by atoms with Gasteiger partial charge in [-0.1, -0.05) is 6.07 Å². The number of hydrogen-bond donors (Lipinski definition) is 2. The molecule has 0 radical (unpaired) electrons. The third kappa shape index (κ3) is 4.40. The fourth-order valence-corrected chi connectivity index (χ4v) is 3.47. The lowest BCUT2D eigenvalue weighted by Gasteiger charge is -2.11. The van der Waals surface area contributed by atoms with E-state index >= 15 is 0 Å². The molecule has 0 atom stereocenters. The van der Waals surface area contributed by atoms with Gasteiger partial charge in [0, 0.05) is 6.54 Å². The second-order valence-corrected chi connectivity index (χ2v) is 7.12. The molecule has 2 N–H and O–H groups in total. The molecule has 0 spiro atoms. The normalized spacial score (nSPS) is 10.8. The number of benzene rings is 2. The van der Waals surface area contributed by atoms with Crippen LogP contribution in [0.3, 0.4) is 0 Å². The highest BCUT2D eigenvalue weighted by Crippen LogP contribution is 2.30. The molecule has 7 heteroatoms. The quantitative estimate of drug-likeness (QED) is 0.580. The van der Waals surface area contributed by atoms with Crippen LogP contribution < -0.4 is 20.4 Å². The van der Waals surface area contributed by atoms with Crippen molar-refractivity contribution in [1.29, 1.82) is 0 Å². The summed E-state index contributed by atoms with van der Waals surface area (Å²) in [5, 5.41) is 13.5. The monoisotopic (exact) mass is 411 g/mol. The lowest BCUT2D eigenvalue weighted by molar-refractivity contribution is -0.120. The molecule has 0 aliphatic rings. The largest absolute Gasteiger partial charge is 0.507 e. The Bertz CT molecular complexity index is 1150. The molecule has 0 unspecified atom stereocenters. The number of fused-ring (bicyclic) bond motifs is 1. The van der Waals surface area contributed by atoms with Crippen molar-refractivity contribution < 1.29 is 23.8 Å². The topological polar surface area (TPSA) is 98.0 Å². The van der Waals surface area contributed by atoms with E-state index in [-0.39, 0.29) is 23.6 Å². The van der Waals surface area contributed by atoms with Gasteiger partial charge in [-0.2, -0.15) is 0 Å². The molecule has 0 aliphatic heterocycles. The molecule has 0 fully saturated rings. The maximum atomic E-state index is 12.4. The first kappa shape index (κ1) is 21.2. The van der Waals surface area contributed by atoms with E-state index in [9.17, 15) is 14.7 Å². The lowest BCUT2D eigenvalue weighted by Crippen LogP contribution is -2.29. The van der Waals surface area contributed by atoms with Crippen molar-refractivity contribution in [3.63, 3.8) is 0 Å². The van der Waals surface area contributed by atoms with Crippen molar-refractivity contribution >= 4 is 16.9 Å². The van der Waals surface area contributed by atoms with E-state index in [1.54, 1.807) is 40.2 Å². The average molecular weight is 411 g/mol. The number of phenolic OH excluding ortho intramolecular Hbond substituents is 1. The molecule has 3 aromatic rings. The van der Waals surface area contributed by atoms with Crippen molar-refractivity contribution in [2.24, 2.45) is 0 Å². The number of amides is 1. The van der Waals surface area contributed by atoms with Gasteiger partial charge in [-0.15, -0.1) is 0 Å². The van der Waals surface area contributed by atoms with E-state index < -0.39 is 5.63 Å². The van der Waals surface area contributed by atoms with Crippen molar-refractivity contribution in [3.8, 4) is 17.2 Å². The van der Waals surface area contributed by atoms with Crippen LogP contribution in [0.4, 0.5) is 0 Å². The van der Waals surface area contributed by atoms with Gasteiger partial charge in [0.15, 0.2) is 11.5 Å². The summed E-state index contributed by atoms with van der Waals surface area (Å²) in [5.74, 6) is 1.00. The molecular weight excluding hydrogens is 386 g/mol. The smallest absolute Gasteiger partial charge is 0.340 e. The Labute approximate surface area is 174 Å². The predicted molar refractivity (Wildman–Crippen MR) is 114 cm³/mol. The number of nitrogens with one attached hydrogen (secondary N) is 1. The molecule has 158 valence electrons. The highest BCUT2D eigenvalue weighted by Gasteiger charge is 2.17. The second kappa shape index (κ2) is 8.90. The maximum Gasteiger partial charge on any atom is 0.340 e. The summed E-state index contributed by atoms with van der Waals surface area (Å²) in [6.07, 6.45) is 0.473. The Hall–Kier alpha value is -3.48. The molecule has 2 aromatic carbocycles. The fourth-order valence-electron chi connectivity index (χ4n) is 3.47. The zero-order chi connectivity index (χ0) is 21.8. The summed E-state index contributed by atoms with van der Waals surface area (Å²) in [7, 11) is 3.14. The van der Waals surface area contributed by atoms with Gasteiger partial charge >= 0.3 is 5.63 Å². The molecule has 0 saturated heterocycles. The molecule has 0 saturated carbocycles. The first-order chi connectivity index (χ1) is 14.3. The van der Waals surface area contributed by atoms with E-state index in [0.29, 0.717) is 41.0 Å². The van der Waals surface area contributed by atoms with Crippen LogP contribution in [0.25, 0.3) is 11.0 Å². The van der Waals surface area contributed by atoms with Gasteiger partial charge in [0.25, 0.3) is 0 Å². The third-order valence-corrected chi connectivity index (χ3v) is 5.02. The summed E-state index contributed by atoms with van der Waals surface area (Å²) in [4.78, 5) is 24.8. The van der Waals surface area contributed by atoms with Crippen LogP contribution in [0.15, 0.2) is 39.5 Å². The first-order valence-corrected chi connectivity index (χ1v) is 9.57. The van der Waals surface area contributed by atoms with Crippen LogP contribution >= 0.6 is 0 Å².